The Morgan fingerprint density at radius 1 is 1.25 bits per heavy atom. The number of anilines is 1. The van der Waals surface area contributed by atoms with Gasteiger partial charge in [0.15, 0.2) is 0 Å². The molecule has 0 bridgehead atoms. The predicted octanol–water partition coefficient (Wildman–Crippen LogP) is 3.38. The lowest BCUT2D eigenvalue weighted by Crippen LogP contribution is -2.25. The third kappa shape index (κ3) is 3.14. The minimum Gasteiger partial charge on any atom is -0.317 e. The van der Waals surface area contributed by atoms with Crippen LogP contribution in [0.2, 0.25) is 0 Å². The van der Waals surface area contributed by atoms with Crippen LogP contribution in [0.5, 0.6) is 0 Å². The number of carbonyl (C=O) groups excluding carboxylic acids is 1. The molecule has 0 unspecified atom stereocenters. The SMILES string of the molecule is Cc1nc(-c2cccc(C(=O)Nc3c(C)ccn(C)c3=O)c2)cs1. The molecule has 0 radical (unpaired) electrons. The molecule has 1 aromatic carbocycles. The van der Waals surface area contributed by atoms with Gasteiger partial charge in [-0.25, -0.2) is 4.98 Å². The number of thiazole rings is 1. The number of aryl methyl sites for hydroxylation is 3. The average molecular weight is 339 g/mol. The predicted molar refractivity (Wildman–Crippen MR) is 96.7 cm³/mol. The topological polar surface area (TPSA) is 64.0 Å². The van der Waals surface area contributed by atoms with Gasteiger partial charge in [0.25, 0.3) is 11.5 Å². The fraction of sp³-hybridized carbons (Fsp3) is 0.167. The van der Waals surface area contributed by atoms with Gasteiger partial charge in [-0.3, -0.25) is 9.59 Å². The lowest BCUT2D eigenvalue weighted by molar-refractivity contribution is 0.102. The van der Waals surface area contributed by atoms with Gasteiger partial charge in [-0.15, -0.1) is 11.3 Å². The molecule has 0 aliphatic carbocycles. The van der Waals surface area contributed by atoms with Crippen LogP contribution in [-0.4, -0.2) is 15.5 Å². The van der Waals surface area contributed by atoms with Crippen molar-refractivity contribution in [3.63, 3.8) is 0 Å². The highest BCUT2D eigenvalue weighted by Gasteiger charge is 2.13. The number of pyridine rings is 1. The summed E-state index contributed by atoms with van der Waals surface area (Å²) >= 11 is 1.57. The minimum absolute atomic E-state index is 0.227. The summed E-state index contributed by atoms with van der Waals surface area (Å²) in [5.74, 6) is -0.310. The molecule has 122 valence electrons. The zero-order valence-corrected chi connectivity index (χ0v) is 14.5. The number of nitrogens with one attached hydrogen (secondary N) is 1. The molecular weight excluding hydrogens is 322 g/mol. The second-order valence-corrected chi connectivity index (χ2v) is 6.64. The van der Waals surface area contributed by atoms with Gasteiger partial charge in [-0.2, -0.15) is 0 Å². The highest BCUT2D eigenvalue weighted by molar-refractivity contribution is 7.09. The van der Waals surface area contributed by atoms with Gasteiger partial charge in [0.05, 0.1) is 10.7 Å². The van der Waals surface area contributed by atoms with Crippen LogP contribution in [0.25, 0.3) is 11.3 Å². The molecule has 24 heavy (non-hydrogen) atoms. The molecule has 0 atom stereocenters. The monoisotopic (exact) mass is 339 g/mol. The summed E-state index contributed by atoms with van der Waals surface area (Å²) in [7, 11) is 1.66. The van der Waals surface area contributed by atoms with E-state index in [1.165, 1.54) is 4.57 Å². The number of benzene rings is 1. The molecule has 0 saturated heterocycles. The van der Waals surface area contributed by atoms with Crippen LogP contribution in [0, 0.1) is 13.8 Å². The number of hydrogen-bond donors (Lipinski definition) is 1. The minimum atomic E-state index is -0.310. The van der Waals surface area contributed by atoms with E-state index in [1.807, 2.05) is 24.4 Å². The number of hydrogen-bond acceptors (Lipinski definition) is 4. The van der Waals surface area contributed by atoms with E-state index in [4.69, 9.17) is 0 Å². The number of carbonyl (C=O) groups is 1. The Bertz CT molecular complexity index is 972. The van der Waals surface area contributed by atoms with Crippen LogP contribution < -0.4 is 10.9 Å². The van der Waals surface area contributed by atoms with Crippen LogP contribution in [0.4, 0.5) is 5.69 Å². The lowest BCUT2D eigenvalue weighted by Gasteiger charge is -2.10. The maximum Gasteiger partial charge on any atom is 0.274 e. The molecule has 3 rings (SSSR count). The van der Waals surface area contributed by atoms with Crippen molar-refractivity contribution in [3.05, 3.63) is 68.4 Å². The average Bonchev–Trinajstić information content (AvgIpc) is 3.01. The summed E-state index contributed by atoms with van der Waals surface area (Å²) in [5, 5.41) is 5.67. The molecule has 2 aromatic heterocycles. The van der Waals surface area contributed by atoms with E-state index in [9.17, 15) is 9.59 Å². The van der Waals surface area contributed by atoms with Gasteiger partial charge in [-0.1, -0.05) is 12.1 Å². The summed E-state index contributed by atoms with van der Waals surface area (Å²) < 4.78 is 1.44. The summed E-state index contributed by atoms with van der Waals surface area (Å²) in [6.45, 7) is 3.74. The highest BCUT2D eigenvalue weighted by Crippen LogP contribution is 2.22. The van der Waals surface area contributed by atoms with Crippen LogP contribution in [-0.2, 0) is 7.05 Å². The molecule has 3 aromatic rings. The molecular formula is C18H17N3O2S. The first kappa shape index (κ1) is 16.1. The number of nitrogens with zero attached hydrogens (tertiary/aromatic N) is 2. The second kappa shape index (κ2) is 6.41. The maximum atomic E-state index is 12.5. The Labute approximate surface area is 143 Å². The quantitative estimate of drug-likeness (QED) is 0.795. The molecule has 0 spiro atoms. The molecule has 1 N–H and O–H groups in total. The van der Waals surface area contributed by atoms with E-state index in [1.54, 1.807) is 49.7 Å². The lowest BCUT2D eigenvalue weighted by atomic mass is 10.1. The van der Waals surface area contributed by atoms with Crippen molar-refractivity contribution < 1.29 is 4.79 Å². The fourth-order valence-corrected chi connectivity index (χ4v) is 3.00. The van der Waals surface area contributed by atoms with Gasteiger partial charge >= 0.3 is 0 Å². The third-order valence-corrected chi connectivity index (χ3v) is 4.53. The molecule has 5 nitrogen and oxygen atoms in total. The first-order chi connectivity index (χ1) is 11.5. The zero-order chi connectivity index (χ0) is 17.3. The normalized spacial score (nSPS) is 10.6. The molecule has 0 saturated carbocycles. The van der Waals surface area contributed by atoms with Crippen molar-refractivity contribution in [2.75, 3.05) is 5.32 Å². The molecule has 0 aliphatic rings. The van der Waals surface area contributed by atoms with E-state index in [2.05, 4.69) is 10.3 Å². The summed E-state index contributed by atoms with van der Waals surface area (Å²) in [6, 6.07) is 9.03. The van der Waals surface area contributed by atoms with Crippen molar-refractivity contribution in [2.45, 2.75) is 13.8 Å². The van der Waals surface area contributed by atoms with Gasteiger partial charge in [0.1, 0.15) is 5.69 Å². The molecule has 0 aliphatic heterocycles. The van der Waals surface area contributed by atoms with Crippen molar-refractivity contribution in [1.82, 2.24) is 9.55 Å². The van der Waals surface area contributed by atoms with Crippen LogP contribution >= 0.6 is 11.3 Å². The van der Waals surface area contributed by atoms with Crippen molar-refractivity contribution in [2.24, 2.45) is 7.05 Å². The number of aromatic nitrogens is 2. The largest absolute Gasteiger partial charge is 0.317 e. The standard InChI is InChI=1S/C18H17N3O2S/c1-11-7-8-21(3)18(23)16(11)20-17(22)14-6-4-5-13(9-14)15-10-24-12(2)19-15/h4-10H,1-3H3,(H,20,22). The van der Waals surface area contributed by atoms with Gasteiger partial charge in [0, 0.05) is 29.8 Å². The molecule has 6 heteroatoms. The Morgan fingerprint density at radius 2 is 2.04 bits per heavy atom. The van der Waals surface area contributed by atoms with Gasteiger partial charge in [-0.05, 0) is 37.6 Å². The summed E-state index contributed by atoms with van der Waals surface area (Å²) in [6.07, 6.45) is 1.68. The van der Waals surface area contributed by atoms with E-state index in [0.717, 1.165) is 21.8 Å². The summed E-state index contributed by atoms with van der Waals surface area (Å²) in [5.41, 5.74) is 3.03. The van der Waals surface area contributed by atoms with E-state index >= 15 is 0 Å². The van der Waals surface area contributed by atoms with E-state index in [0.29, 0.717) is 11.3 Å². The first-order valence-corrected chi connectivity index (χ1v) is 8.34. The van der Waals surface area contributed by atoms with Gasteiger partial charge < -0.3 is 9.88 Å². The Kier molecular flexibility index (Phi) is 4.31. The van der Waals surface area contributed by atoms with Crippen LogP contribution in [0.15, 0.2) is 46.7 Å². The van der Waals surface area contributed by atoms with E-state index < -0.39 is 0 Å². The highest BCUT2D eigenvalue weighted by atomic mass is 32.1. The second-order valence-electron chi connectivity index (χ2n) is 5.58. The fourth-order valence-electron chi connectivity index (χ4n) is 2.37. The summed E-state index contributed by atoms with van der Waals surface area (Å²) in [4.78, 5) is 29.2. The van der Waals surface area contributed by atoms with Crippen molar-refractivity contribution in [1.29, 1.82) is 0 Å². The smallest absolute Gasteiger partial charge is 0.274 e. The molecule has 0 fully saturated rings. The third-order valence-electron chi connectivity index (χ3n) is 3.75. The van der Waals surface area contributed by atoms with Crippen molar-refractivity contribution in [3.8, 4) is 11.3 Å². The number of rotatable bonds is 3. The first-order valence-electron chi connectivity index (χ1n) is 7.46. The zero-order valence-electron chi connectivity index (χ0n) is 13.7. The van der Waals surface area contributed by atoms with Crippen LogP contribution in [0.1, 0.15) is 20.9 Å². The van der Waals surface area contributed by atoms with Crippen LogP contribution in [0.3, 0.4) is 0 Å². The Hall–Kier alpha value is -2.73. The number of amides is 1. The van der Waals surface area contributed by atoms with Gasteiger partial charge in [0.2, 0.25) is 0 Å². The molecule has 1 amide bonds. The Balaban J connectivity index is 1.92. The Morgan fingerprint density at radius 3 is 2.75 bits per heavy atom. The molecule has 2 heterocycles. The van der Waals surface area contributed by atoms with E-state index in [-0.39, 0.29) is 11.5 Å². The van der Waals surface area contributed by atoms with Crippen molar-refractivity contribution >= 4 is 22.9 Å². The maximum absolute atomic E-state index is 12.5.